The van der Waals surface area contributed by atoms with E-state index in [9.17, 15) is 18.0 Å². The van der Waals surface area contributed by atoms with E-state index in [2.05, 4.69) is 10.2 Å². The number of nitrogens with zero attached hydrogens (tertiary/aromatic N) is 3. The van der Waals surface area contributed by atoms with Crippen LogP contribution >= 0.6 is 0 Å². The van der Waals surface area contributed by atoms with E-state index >= 15 is 0 Å². The summed E-state index contributed by atoms with van der Waals surface area (Å²) in [6.45, 7) is 8.35. The van der Waals surface area contributed by atoms with Crippen molar-refractivity contribution >= 4 is 6.09 Å². The molecule has 0 aliphatic carbocycles. The number of hydrogen-bond acceptors (Lipinski definition) is 6. The first kappa shape index (κ1) is 30.1. The quantitative estimate of drug-likeness (QED) is 0.298. The van der Waals surface area contributed by atoms with Crippen LogP contribution in [0.4, 0.5) is 18.0 Å². The highest BCUT2D eigenvalue weighted by molar-refractivity contribution is 5.73. The number of amides is 1. The van der Waals surface area contributed by atoms with E-state index in [1.54, 1.807) is 17.9 Å². The van der Waals surface area contributed by atoms with Gasteiger partial charge >= 0.3 is 12.3 Å². The summed E-state index contributed by atoms with van der Waals surface area (Å²) in [5.41, 5.74) is 1.18. The fourth-order valence-corrected chi connectivity index (χ4v) is 4.93. The lowest BCUT2D eigenvalue weighted by Gasteiger charge is -2.34. The van der Waals surface area contributed by atoms with E-state index in [0.717, 1.165) is 30.5 Å². The van der Waals surface area contributed by atoms with E-state index in [1.165, 1.54) is 7.11 Å². The van der Waals surface area contributed by atoms with Crippen molar-refractivity contribution in [2.24, 2.45) is 5.92 Å². The molecule has 2 heterocycles. The summed E-state index contributed by atoms with van der Waals surface area (Å²) in [7, 11) is 1.52. The van der Waals surface area contributed by atoms with Crippen molar-refractivity contribution in [3.63, 3.8) is 0 Å². The lowest BCUT2D eigenvalue weighted by molar-refractivity contribution is -0.137. The SMILES string of the molecule is COc1cc(-c2c(C)cc(C(F)(F)F)cc2OCc2ccccc2)nnc1CC1CCCN(C(=O)OC(C)(C)C)C1. The smallest absolute Gasteiger partial charge is 0.416 e. The number of alkyl halides is 3. The van der Waals surface area contributed by atoms with Crippen molar-refractivity contribution in [2.45, 2.75) is 65.3 Å². The molecule has 0 saturated carbocycles. The molecular formula is C31H36F3N3O4. The average Bonchev–Trinajstić information content (AvgIpc) is 2.91. The van der Waals surface area contributed by atoms with E-state index in [1.807, 2.05) is 51.1 Å². The summed E-state index contributed by atoms with van der Waals surface area (Å²) >= 11 is 0. The Morgan fingerprint density at radius 2 is 1.78 bits per heavy atom. The number of hydrogen-bond donors (Lipinski definition) is 0. The molecule has 7 nitrogen and oxygen atoms in total. The van der Waals surface area contributed by atoms with Crippen LogP contribution in [-0.2, 0) is 23.9 Å². The van der Waals surface area contributed by atoms with Gasteiger partial charge in [0.1, 0.15) is 35.1 Å². The Hall–Kier alpha value is -3.82. The second kappa shape index (κ2) is 12.4. The number of carbonyl (C=O) groups excluding carboxylic acids is 1. The molecule has 1 fully saturated rings. The zero-order chi connectivity index (χ0) is 29.8. The summed E-state index contributed by atoms with van der Waals surface area (Å²) < 4.78 is 58.1. The van der Waals surface area contributed by atoms with Crippen molar-refractivity contribution < 1.29 is 32.2 Å². The summed E-state index contributed by atoms with van der Waals surface area (Å²) in [6.07, 6.45) is -2.60. The molecular weight excluding hydrogens is 535 g/mol. The van der Waals surface area contributed by atoms with E-state index < -0.39 is 17.3 Å². The van der Waals surface area contributed by atoms with Gasteiger partial charge < -0.3 is 19.1 Å². The molecule has 41 heavy (non-hydrogen) atoms. The molecule has 4 rings (SSSR count). The minimum atomic E-state index is -4.53. The molecule has 0 N–H and O–H groups in total. The van der Waals surface area contributed by atoms with Crippen molar-refractivity contribution in [2.75, 3.05) is 20.2 Å². The number of piperidine rings is 1. The lowest BCUT2D eigenvalue weighted by atomic mass is 9.93. The number of aryl methyl sites for hydroxylation is 1. The normalized spacial score (nSPS) is 15.9. The maximum atomic E-state index is 13.7. The Bertz CT molecular complexity index is 1360. The van der Waals surface area contributed by atoms with Gasteiger partial charge in [-0.1, -0.05) is 30.3 Å². The van der Waals surface area contributed by atoms with Crippen LogP contribution in [0.3, 0.4) is 0 Å². The van der Waals surface area contributed by atoms with E-state index in [4.69, 9.17) is 14.2 Å². The predicted octanol–water partition coefficient (Wildman–Crippen LogP) is 7.25. The minimum Gasteiger partial charge on any atom is -0.495 e. The van der Waals surface area contributed by atoms with Gasteiger partial charge in [-0.05, 0) is 76.1 Å². The number of rotatable bonds is 7. The van der Waals surface area contributed by atoms with Crippen LogP contribution in [0.5, 0.6) is 11.5 Å². The third kappa shape index (κ3) is 7.89. The Balaban J connectivity index is 1.60. The molecule has 0 bridgehead atoms. The number of carbonyl (C=O) groups is 1. The molecule has 1 unspecified atom stereocenters. The summed E-state index contributed by atoms with van der Waals surface area (Å²) in [6, 6.07) is 13.0. The van der Waals surface area contributed by atoms with Crippen molar-refractivity contribution in [3.8, 4) is 22.8 Å². The van der Waals surface area contributed by atoms with Crippen LogP contribution in [0.15, 0.2) is 48.5 Å². The highest BCUT2D eigenvalue weighted by atomic mass is 19.4. The summed E-state index contributed by atoms with van der Waals surface area (Å²) in [4.78, 5) is 14.3. The number of ether oxygens (including phenoxy) is 3. The second-order valence-corrected chi connectivity index (χ2v) is 11.3. The summed E-state index contributed by atoms with van der Waals surface area (Å²) in [5, 5.41) is 8.83. The van der Waals surface area contributed by atoms with Crippen molar-refractivity contribution in [1.29, 1.82) is 0 Å². The fourth-order valence-electron chi connectivity index (χ4n) is 4.93. The highest BCUT2D eigenvalue weighted by Gasteiger charge is 2.33. The number of methoxy groups -OCH3 is 1. The number of aromatic nitrogens is 2. The zero-order valence-corrected chi connectivity index (χ0v) is 24.0. The van der Waals surface area contributed by atoms with Gasteiger partial charge in [0.25, 0.3) is 0 Å². The van der Waals surface area contributed by atoms with Crippen LogP contribution in [-0.4, -0.2) is 47.0 Å². The molecule has 3 aromatic rings. The maximum Gasteiger partial charge on any atom is 0.416 e. The Labute approximate surface area is 238 Å². The third-order valence-electron chi connectivity index (χ3n) is 6.82. The molecule has 0 spiro atoms. The van der Waals surface area contributed by atoms with Gasteiger partial charge in [-0.25, -0.2) is 4.79 Å². The van der Waals surface area contributed by atoms with Gasteiger partial charge in [-0.3, -0.25) is 0 Å². The molecule has 1 amide bonds. The number of halogens is 3. The topological polar surface area (TPSA) is 73.8 Å². The fraction of sp³-hybridized carbons (Fsp3) is 0.452. The molecule has 1 saturated heterocycles. The first-order valence-electron chi connectivity index (χ1n) is 13.6. The van der Waals surface area contributed by atoms with E-state index in [0.29, 0.717) is 47.8 Å². The van der Waals surface area contributed by atoms with Crippen molar-refractivity contribution in [1.82, 2.24) is 15.1 Å². The third-order valence-corrected chi connectivity index (χ3v) is 6.82. The lowest BCUT2D eigenvalue weighted by Crippen LogP contribution is -2.43. The van der Waals surface area contributed by atoms with Gasteiger partial charge in [0.2, 0.25) is 0 Å². The minimum absolute atomic E-state index is 0.0607. The molecule has 1 aliphatic rings. The van der Waals surface area contributed by atoms with Crippen LogP contribution < -0.4 is 9.47 Å². The van der Waals surface area contributed by atoms with Gasteiger partial charge in [-0.15, -0.1) is 5.10 Å². The standard InChI is InChI=1S/C31H36F3N3O4/c1-20-14-23(31(32,33)34)16-27(40-19-21-10-7-6-8-11-21)28(20)25-17-26(39-5)24(35-36-25)15-22-12-9-13-37(18-22)29(38)41-30(2,3)4/h6-8,10-11,14,16-17,22H,9,12-13,15,18-19H2,1-5H3. The summed E-state index contributed by atoms with van der Waals surface area (Å²) in [5.74, 6) is 0.658. The highest BCUT2D eigenvalue weighted by Crippen LogP contribution is 2.40. The van der Waals surface area contributed by atoms with Gasteiger partial charge in [0.15, 0.2) is 0 Å². The van der Waals surface area contributed by atoms with Crippen LogP contribution in [0.2, 0.25) is 0 Å². The Morgan fingerprint density at radius 3 is 2.44 bits per heavy atom. The predicted molar refractivity (Wildman–Crippen MR) is 149 cm³/mol. The number of benzene rings is 2. The Morgan fingerprint density at radius 1 is 1.05 bits per heavy atom. The first-order chi connectivity index (χ1) is 19.3. The first-order valence-corrected chi connectivity index (χ1v) is 13.6. The van der Waals surface area contributed by atoms with Crippen LogP contribution in [0.1, 0.15) is 56.0 Å². The maximum absolute atomic E-state index is 13.7. The molecule has 2 aromatic carbocycles. The Kier molecular flexibility index (Phi) is 9.09. The van der Waals surface area contributed by atoms with Gasteiger partial charge in [0.05, 0.1) is 12.7 Å². The van der Waals surface area contributed by atoms with Crippen LogP contribution in [0, 0.1) is 12.8 Å². The number of likely N-dealkylation sites (tertiary alicyclic amines) is 1. The molecule has 1 atom stereocenters. The van der Waals surface area contributed by atoms with Crippen LogP contribution in [0.25, 0.3) is 11.3 Å². The zero-order valence-electron chi connectivity index (χ0n) is 24.0. The van der Waals surface area contributed by atoms with Gasteiger partial charge in [-0.2, -0.15) is 18.3 Å². The van der Waals surface area contributed by atoms with Crippen molar-refractivity contribution in [3.05, 3.63) is 70.9 Å². The molecule has 220 valence electrons. The van der Waals surface area contributed by atoms with E-state index in [-0.39, 0.29) is 24.4 Å². The van der Waals surface area contributed by atoms with Gasteiger partial charge in [0, 0.05) is 24.7 Å². The average molecular weight is 572 g/mol. The second-order valence-electron chi connectivity index (χ2n) is 11.3. The monoisotopic (exact) mass is 571 g/mol. The molecule has 1 aromatic heterocycles. The molecule has 1 aliphatic heterocycles. The molecule has 0 radical (unpaired) electrons. The molecule has 10 heteroatoms. The largest absolute Gasteiger partial charge is 0.495 e.